The smallest absolute Gasteiger partial charge is 0.338 e. The van der Waals surface area contributed by atoms with Gasteiger partial charge in [0.25, 0.3) is 0 Å². The highest BCUT2D eigenvalue weighted by atomic mass is 19.1. The lowest BCUT2D eigenvalue weighted by Crippen LogP contribution is -2.32. The van der Waals surface area contributed by atoms with Gasteiger partial charge in [0.1, 0.15) is 5.82 Å². The van der Waals surface area contributed by atoms with Crippen LogP contribution >= 0.6 is 0 Å². The Labute approximate surface area is 156 Å². The van der Waals surface area contributed by atoms with Crippen molar-refractivity contribution in [3.63, 3.8) is 0 Å². The Morgan fingerprint density at radius 1 is 1.04 bits per heavy atom. The molecule has 0 saturated carbocycles. The third-order valence-electron chi connectivity index (χ3n) is 3.76. The molecule has 142 valence electrons. The average Bonchev–Trinajstić information content (AvgIpc) is 2.64. The van der Waals surface area contributed by atoms with Crippen LogP contribution in [0.2, 0.25) is 0 Å². The Morgan fingerprint density at radius 2 is 1.67 bits per heavy atom. The van der Waals surface area contributed by atoms with E-state index in [-0.39, 0.29) is 37.2 Å². The van der Waals surface area contributed by atoms with Gasteiger partial charge in [0, 0.05) is 31.3 Å². The molecule has 0 spiro atoms. The van der Waals surface area contributed by atoms with Crippen LogP contribution < -0.4 is 10.2 Å². The van der Waals surface area contributed by atoms with Gasteiger partial charge in [-0.15, -0.1) is 0 Å². The number of benzene rings is 2. The van der Waals surface area contributed by atoms with Gasteiger partial charge in [-0.2, -0.15) is 0 Å². The molecule has 2 aromatic rings. The number of rotatable bonds is 7. The molecule has 2 rings (SSSR count). The number of anilines is 2. The molecule has 0 unspecified atom stereocenters. The predicted molar refractivity (Wildman–Crippen MR) is 100 cm³/mol. The van der Waals surface area contributed by atoms with E-state index < -0.39 is 5.97 Å². The maximum absolute atomic E-state index is 12.9. The van der Waals surface area contributed by atoms with Gasteiger partial charge in [0.15, 0.2) is 0 Å². The number of carbonyl (C=O) groups is 3. The van der Waals surface area contributed by atoms with Crippen molar-refractivity contribution in [1.29, 1.82) is 0 Å². The molecule has 0 saturated heterocycles. The Bertz CT molecular complexity index is 804. The molecular formula is C20H21FN2O4. The summed E-state index contributed by atoms with van der Waals surface area (Å²) in [6.07, 6.45) is 0.0661. The van der Waals surface area contributed by atoms with Crippen molar-refractivity contribution >= 4 is 29.2 Å². The molecule has 1 N–H and O–H groups in total. The molecule has 0 heterocycles. The molecule has 0 aliphatic rings. The van der Waals surface area contributed by atoms with E-state index in [9.17, 15) is 18.8 Å². The Balaban J connectivity index is 1.98. The Morgan fingerprint density at radius 3 is 2.22 bits per heavy atom. The minimum absolute atomic E-state index is 0.0661. The summed E-state index contributed by atoms with van der Waals surface area (Å²) < 4.78 is 17.8. The summed E-state index contributed by atoms with van der Waals surface area (Å²) in [5.41, 5.74) is 1.44. The monoisotopic (exact) mass is 372 g/mol. The molecule has 0 aliphatic heterocycles. The van der Waals surface area contributed by atoms with Gasteiger partial charge in [0.05, 0.1) is 12.2 Å². The minimum Gasteiger partial charge on any atom is -0.462 e. The highest BCUT2D eigenvalue weighted by Gasteiger charge is 2.15. The standard InChI is InChI=1S/C20H21FN2O4/c1-3-27-20(26)15-4-10-18(11-5-15)23(14(2)24)13-12-19(25)22-17-8-6-16(21)7-9-17/h4-11H,3,12-13H2,1-2H3,(H,22,25). The van der Waals surface area contributed by atoms with Crippen molar-refractivity contribution in [2.75, 3.05) is 23.4 Å². The lowest BCUT2D eigenvalue weighted by molar-refractivity contribution is -0.117. The summed E-state index contributed by atoms with van der Waals surface area (Å²) in [6, 6.07) is 11.8. The fraction of sp³-hybridized carbons (Fsp3) is 0.250. The van der Waals surface area contributed by atoms with Crippen LogP contribution in [-0.2, 0) is 14.3 Å². The fourth-order valence-corrected chi connectivity index (χ4v) is 2.43. The normalized spacial score (nSPS) is 10.2. The number of nitrogens with zero attached hydrogens (tertiary/aromatic N) is 1. The number of amides is 2. The van der Waals surface area contributed by atoms with Gasteiger partial charge in [0.2, 0.25) is 11.8 Å². The van der Waals surface area contributed by atoms with E-state index in [0.717, 1.165) is 0 Å². The van der Waals surface area contributed by atoms with Crippen LogP contribution in [0.25, 0.3) is 0 Å². The van der Waals surface area contributed by atoms with Crippen molar-refractivity contribution in [2.24, 2.45) is 0 Å². The Hall–Kier alpha value is -3.22. The first-order valence-electron chi connectivity index (χ1n) is 8.51. The summed E-state index contributed by atoms with van der Waals surface area (Å²) in [5.74, 6) is -1.34. The zero-order chi connectivity index (χ0) is 19.8. The lowest BCUT2D eigenvalue weighted by atomic mass is 10.2. The zero-order valence-corrected chi connectivity index (χ0v) is 15.2. The van der Waals surface area contributed by atoms with E-state index >= 15 is 0 Å². The van der Waals surface area contributed by atoms with Gasteiger partial charge >= 0.3 is 5.97 Å². The quantitative estimate of drug-likeness (QED) is 0.756. The van der Waals surface area contributed by atoms with Crippen molar-refractivity contribution in [1.82, 2.24) is 0 Å². The van der Waals surface area contributed by atoms with Crippen LogP contribution in [0.1, 0.15) is 30.6 Å². The molecule has 7 heteroatoms. The molecule has 0 radical (unpaired) electrons. The van der Waals surface area contributed by atoms with Crippen LogP contribution in [0.3, 0.4) is 0 Å². The van der Waals surface area contributed by atoms with Crippen molar-refractivity contribution in [3.8, 4) is 0 Å². The van der Waals surface area contributed by atoms with Crippen molar-refractivity contribution in [3.05, 3.63) is 59.9 Å². The molecule has 0 fully saturated rings. The largest absolute Gasteiger partial charge is 0.462 e. The summed E-state index contributed by atoms with van der Waals surface area (Å²) in [4.78, 5) is 37.1. The third kappa shape index (κ3) is 5.91. The zero-order valence-electron chi connectivity index (χ0n) is 15.2. The second kappa shape index (κ2) is 9.47. The van der Waals surface area contributed by atoms with Gasteiger partial charge in [-0.25, -0.2) is 9.18 Å². The number of esters is 1. The molecule has 6 nitrogen and oxygen atoms in total. The number of ether oxygens (including phenoxy) is 1. The number of nitrogens with one attached hydrogen (secondary N) is 1. The highest BCUT2D eigenvalue weighted by Crippen LogP contribution is 2.17. The molecule has 0 aromatic heterocycles. The van der Waals surface area contributed by atoms with Crippen LogP contribution in [0.5, 0.6) is 0 Å². The maximum atomic E-state index is 12.9. The number of hydrogen-bond acceptors (Lipinski definition) is 4. The number of halogens is 1. The van der Waals surface area contributed by atoms with Gasteiger partial charge in [-0.3, -0.25) is 9.59 Å². The minimum atomic E-state index is -0.433. The molecule has 0 bridgehead atoms. The second-order valence-electron chi connectivity index (χ2n) is 5.74. The van der Waals surface area contributed by atoms with Crippen molar-refractivity contribution in [2.45, 2.75) is 20.3 Å². The second-order valence-corrected chi connectivity index (χ2v) is 5.74. The van der Waals surface area contributed by atoms with E-state index in [4.69, 9.17) is 4.74 Å². The van der Waals surface area contributed by atoms with Gasteiger partial charge in [-0.1, -0.05) is 0 Å². The molecule has 27 heavy (non-hydrogen) atoms. The highest BCUT2D eigenvalue weighted by molar-refractivity contribution is 5.95. The first kappa shape index (κ1) is 20.1. The van der Waals surface area contributed by atoms with E-state index in [1.807, 2.05) is 0 Å². The third-order valence-corrected chi connectivity index (χ3v) is 3.76. The fourth-order valence-electron chi connectivity index (χ4n) is 2.43. The van der Waals surface area contributed by atoms with Crippen molar-refractivity contribution < 1.29 is 23.5 Å². The number of hydrogen-bond donors (Lipinski definition) is 1. The number of carbonyl (C=O) groups excluding carboxylic acids is 3. The maximum Gasteiger partial charge on any atom is 0.338 e. The van der Waals surface area contributed by atoms with E-state index in [1.54, 1.807) is 31.2 Å². The SMILES string of the molecule is CCOC(=O)c1ccc(N(CCC(=O)Nc2ccc(F)cc2)C(C)=O)cc1. The molecule has 0 aliphatic carbocycles. The molecule has 2 amide bonds. The molecule has 0 atom stereocenters. The summed E-state index contributed by atoms with van der Waals surface area (Å²) in [6.45, 7) is 3.57. The first-order valence-corrected chi connectivity index (χ1v) is 8.51. The van der Waals surface area contributed by atoms with Crippen LogP contribution in [0.4, 0.5) is 15.8 Å². The van der Waals surface area contributed by atoms with Crippen LogP contribution in [-0.4, -0.2) is 30.9 Å². The molecular weight excluding hydrogens is 351 g/mol. The predicted octanol–water partition coefficient (Wildman–Crippen LogP) is 3.38. The molecule has 2 aromatic carbocycles. The van der Waals surface area contributed by atoms with Gasteiger partial charge < -0.3 is 15.0 Å². The van der Waals surface area contributed by atoms with E-state index in [0.29, 0.717) is 16.9 Å². The topological polar surface area (TPSA) is 75.7 Å². The van der Waals surface area contributed by atoms with Crippen LogP contribution in [0.15, 0.2) is 48.5 Å². The Kier molecular flexibility index (Phi) is 7.05. The summed E-state index contributed by atoms with van der Waals surface area (Å²) in [7, 11) is 0. The summed E-state index contributed by atoms with van der Waals surface area (Å²) >= 11 is 0. The summed E-state index contributed by atoms with van der Waals surface area (Å²) in [5, 5.41) is 2.65. The van der Waals surface area contributed by atoms with E-state index in [2.05, 4.69) is 5.32 Å². The lowest BCUT2D eigenvalue weighted by Gasteiger charge is -2.21. The average molecular weight is 372 g/mol. The van der Waals surface area contributed by atoms with Crippen LogP contribution in [0, 0.1) is 5.82 Å². The van der Waals surface area contributed by atoms with Gasteiger partial charge in [-0.05, 0) is 55.5 Å². The first-order chi connectivity index (χ1) is 12.9. The van der Waals surface area contributed by atoms with E-state index in [1.165, 1.54) is 36.1 Å².